The van der Waals surface area contributed by atoms with Gasteiger partial charge < -0.3 is 15.5 Å². The summed E-state index contributed by atoms with van der Waals surface area (Å²) in [5.74, 6) is 0.542. The van der Waals surface area contributed by atoms with Crippen molar-refractivity contribution in [3.05, 3.63) is 29.8 Å². The molecule has 1 aliphatic heterocycles. The standard InChI is InChI=1S/C16H25N5O3S/c1-2-18-16(19-9-11-25(17,23)24)20-12-13-5-7-14(8-6-13)21-10-3-4-15(21)22/h5-8H,2-4,9-12H2,1H3,(H2,17,23,24)(H2,18,19,20). The molecule has 0 aliphatic carbocycles. The van der Waals surface area contributed by atoms with Crippen LogP contribution in [-0.4, -0.2) is 45.7 Å². The van der Waals surface area contributed by atoms with Crippen LogP contribution < -0.4 is 20.7 Å². The molecule has 0 atom stereocenters. The van der Waals surface area contributed by atoms with E-state index in [0.717, 1.165) is 24.2 Å². The molecule has 25 heavy (non-hydrogen) atoms. The molecule has 1 aromatic rings. The number of nitrogens with one attached hydrogen (secondary N) is 2. The number of benzene rings is 1. The predicted octanol–water partition coefficient (Wildman–Crippen LogP) is 0.157. The molecule has 1 fully saturated rings. The van der Waals surface area contributed by atoms with Gasteiger partial charge in [0.05, 0.1) is 12.3 Å². The van der Waals surface area contributed by atoms with E-state index in [1.165, 1.54) is 0 Å². The topological polar surface area (TPSA) is 117 Å². The van der Waals surface area contributed by atoms with Crippen LogP contribution in [0.15, 0.2) is 29.3 Å². The van der Waals surface area contributed by atoms with Crippen molar-refractivity contribution in [2.45, 2.75) is 26.3 Å². The van der Waals surface area contributed by atoms with Crippen molar-refractivity contribution in [1.82, 2.24) is 10.6 Å². The second-order valence-electron chi connectivity index (χ2n) is 5.80. The molecule has 1 heterocycles. The fraction of sp³-hybridized carbons (Fsp3) is 0.500. The first-order valence-electron chi connectivity index (χ1n) is 8.31. The fourth-order valence-corrected chi connectivity index (χ4v) is 2.91. The van der Waals surface area contributed by atoms with Crippen molar-refractivity contribution in [3.8, 4) is 0 Å². The van der Waals surface area contributed by atoms with Gasteiger partial charge in [-0.05, 0) is 31.0 Å². The number of hydrogen-bond donors (Lipinski definition) is 3. The average molecular weight is 367 g/mol. The number of primary sulfonamides is 1. The predicted molar refractivity (Wildman–Crippen MR) is 98.8 cm³/mol. The number of amides is 1. The van der Waals surface area contributed by atoms with E-state index in [0.29, 0.717) is 25.5 Å². The van der Waals surface area contributed by atoms with Gasteiger partial charge in [0, 0.05) is 31.7 Å². The maximum atomic E-state index is 11.8. The van der Waals surface area contributed by atoms with Crippen molar-refractivity contribution in [2.24, 2.45) is 10.1 Å². The van der Waals surface area contributed by atoms with Crippen molar-refractivity contribution in [3.63, 3.8) is 0 Å². The van der Waals surface area contributed by atoms with Gasteiger partial charge in [0.1, 0.15) is 0 Å². The Morgan fingerprint density at radius 1 is 1.28 bits per heavy atom. The molecule has 9 heteroatoms. The molecule has 0 bridgehead atoms. The van der Waals surface area contributed by atoms with E-state index in [9.17, 15) is 13.2 Å². The number of nitrogens with two attached hydrogens (primary N) is 1. The molecule has 2 rings (SSSR count). The summed E-state index contributed by atoms with van der Waals surface area (Å²) >= 11 is 0. The van der Waals surface area contributed by atoms with Crippen LogP contribution in [0.4, 0.5) is 5.69 Å². The van der Waals surface area contributed by atoms with E-state index in [1.807, 2.05) is 31.2 Å². The minimum absolute atomic E-state index is 0.157. The van der Waals surface area contributed by atoms with Crippen LogP contribution in [-0.2, 0) is 21.4 Å². The Morgan fingerprint density at radius 3 is 2.56 bits per heavy atom. The summed E-state index contributed by atoms with van der Waals surface area (Å²) in [5, 5.41) is 11.0. The lowest BCUT2D eigenvalue weighted by molar-refractivity contribution is -0.117. The molecular formula is C16H25N5O3S. The number of guanidine groups is 1. The highest BCUT2D eigenvalue weighted by Crippen LogP contribution is 2.21. The van der Waals surface area contributed by atoms with Crippen LogP contribution in [0, 0.1) is 0 Å². The van der Waals surface area contributed by atoms with Gasteiger partial charge in [-0.25, -0.2) is 18.5 Å². The van der Waals surface area contributed by atoms with Crippen LogP contribution in [0.3, 0.4) is 0 Å². The number of rotatable bonds is 7. The van der Waals surface area contributed by atoms with Crippen LogP contribution in [0.1, 0.15) is 25.3 Å². The van der Waals surface area contributed by atoms with Crippen molar-refractivity contribution >= 4 is 27.6 Å². The van der Waals surface area contributed by atoms with Crippen LogP contribution in [0.25, 0.3) is 0 Å². The van der Waals surface area contributed by atoms with Gasteiger partial charge in [-0.15, -0.1) is 0 Å². The van der Waals surface area contributed by atoms with E-state index in [-0.39, 0.29) is 18.2 Å². The van der Waals surface area contributed by atoms with Crippen LogP contribution in [0.5, 0.6) is 0 Å². The first kappa shape index (κ1) is 19.2. The van der Waals surface area contributed by atoms with Gasteiger partial charge in [0.2, 0.25) is 15.9 Å². The summed E-state index contributed by atoms with van der Waals surface area (Å²) in [6.45, 7) is 4.00. The third-order valence-electron chi connectivity index (χ3n) is 3.76. The maximum Gasteiger partial charge on any atom is 0.227 e. The zero-order valence-electron chi connectivity index (χ0n) is 14.4. The van der Waals surface area contributed by atoms with Gasteiger partial charge >= 0.3 is 0 Å². The molecule has 0 spiro atoms. The van der Waals surface area contributed by atoms with E-state index in [1.54, 1.807) is 4.90 Å². The molecule has 1 saturated heterocycles. The Labute approximate surface area is 148 Å². The summed E-state index contributed by atoms with van der Waals surface area (Å²) < 4.78 is 21.9. The number of hydrogen-bond acceptors (Lipinski definition) is 4. The van der Waals surface area contributed by atoms with Crippen molar-refractivity contribution in [2.75, 3.05) is 30.3 Å². The van der Waals surface area contributed by atoms with E-state index in [2.05, 4.69) is 15.6 Å². The summed E-state index contributed by atoms with van der Waals surface area (Å²) in [6, 6.07) is 7.74. The largest absolute Gasteiger partial charge is 0.357 e. The number of anilines is 1. The van der Waals surface area contributed by atoms with Gasteiger partial charge in [-0.2, -0.15) is 0 Å². The number of sulfonamides is 1. The third kappa shape index (κ3) is 6.35. The molecule has 0 saturated carbocycles. The molecular weight excluding hydrogens is 342 g/mol. The summed E-state index contributed by atoms with van der Waals surface area (Å²) in [6.07, 6.45) is 1.52. The maximum absolute atomic E-state index is 11.8. The van der Waals surface area contributed by atoms with E-state index in [4.69, 9.17) is 5.14 Å². The Bertz CT molecular complexity index is 716. The quantitative estimate of drug-likeness (QED) is 0.469. The van der Waals surface area contributed by atoms with Crippen molar-refractivity contribution < 1.29 is 13.2 Å². The second-order valence-corrected chi connectivity index (χ2v) is 7.54. The summed E-state index contributed by atoms with van der Waals surface area (Å²) in [7, 11) is -3.50. The SMILES string of the molecule is CCNC(=NCc1ccc(N2CCCC2=O)cc1)NCCS(N)(=O)=O. The third-order valence-corrected chi connectivity index (χ3v) is 4.54. The van der Waals surface area contributed by atoms with Crippen LogP contribution >= 0.6 is 0 Å². The Balaban J connectivity index is 1.93. The lowest BCUT2D eigenvalue weighted by Crippen LogP contribution is -2.40. The van der Waals surface area contributed by atoms with Gasteiger partial charge in [0.15, 0.2) is 5.96 Å². The van der Waals surface area contributed by atoms with Gasteiger partial charge in [-0.1, -0.05) is 12.1 Å². The van der Waals surface area contributed by atoms with Gasteiger partial charge in [-0.3, -0.25) is 4.79 Å². The lowest BCUT2D eigenvalue weighted by atomic mass is 10.2. The zero-order chi connectivity index (χ0) is 18.3. The number of nitrogens with zero attached hydrogens (tertiary/aromatic N) is 2. The Morgan fingerprint density at radius 2 is 2.00 bits per heavy atom. The lowest BCUT2D eigenvalue weighted by Gasteiger charge is -2.15. The van der Waals surface area contributed by atoms with E-state index < -0.39 is 10.0 Å². The molecule has 1 amide bonds. The summed E-state index contributed by atoms with van der Waals surface area (Å²) in [4.78, 5) is 18.0. The highest BCUT2D eigenvalue weighted by Gasteiger charge is 2.21. The number of carbonyl (C=O) groups is 1. The molecule has 1 aliphatic rings. The number of aliphatic imine (C=N–C) groups is 1. The minimum atomic E-state index is -3.50. The average Bonchev–Trinajstić information content (AvgIpc) is 2.98. The first-order valence-corrected chi connectivity index (χ1v) is 10.0. The van der Waals surface area contributed by atoms with Crippen LogP contribution in [0.2, 0.25) is 0 Å². The number of carbonyl (C=O) groups excluding carboxylic acids is 1. The summed E-state index contributed by atoms with van der Waals surface area (Å²) in [5.41, 5.74) is 1.91. The Hall–Kier alpha value is -2.13. The van der Waals surface area contributed by atoms with E-state index >= 15 is 0 Å². The zero-order valence-corrected chi connectivity index (χ0v) is 15.2. The molecule has 1 aromatic carbocycles. The molecule has 0 unspecified atom stereocenters. The monoisotopic (exact) mass is 367 g/mol. The molecule has 0 aromatic heterocycles. The molecule has 4 N–H and O–H groups in total. The second kappa shape index (κ2) is 8.82. The molecule has 0 radical (unpaired) electrons. The van der Waals surface area contributed by atoms with Crippen molar-refractivity contribution in [1.29, 1.82) is 0 Å². The van der Waals surface area contributed by atoms with Gasteiger partial charge in [0.25, 0.3) is 0 Å². The minimum Gasteiger partial charge on any atom is -0.357 e. The highest BCUT2D eigenvalue weighted by molar-refractivity contribution is 7.89. The first-order chi connectivity index (χ1) is 11.9. The smallest absolute Gasteiger partial charge is 0.227 e. The molecule has 8 nitrogen and oxygen atoms in total. The fourth-order valence-electron chi connectivity index (χ4n) is 2.53. The molecule has 138 valence electrons. The normalized spacial score (nSPS) is 15.5. The highest BCUT2D eigenvalue weighted by atomic mass is 32.2. The Kier molecular flexibility index (Phi) is 6.77.